The zero-order valence-electron chi connectivity index (χ0n) is 10.3. The van der Waals surface area contributed by atoms with Gasteiger partial charge in [-0.3, -0.25) is 9.59 Å². The minimum Gasteiger partial charge on any atom is -0.469 e. The zero-order chi connectivity index (χ0) is 12.6. The van der Waals surface area contributed by atoms with E-state index in [0.717, 1.165) is 19.3 Å². The van der Waals surface area contributed by atoms with Crippen LogP contribution in [0.4, 0.5) is 0 Å². The summed E-state index contributed by atoms with van der Waals surface area (Å²) in [5.74, 6) is -0.340. The molecule has 0 heterocycles. The van der Waals surface area contributed by atoms with Crippen molar-refractivity contribution in [3.8, 4) is 0 Å². The van der Waals surface area contributed by atoms with E-state index in [4.69, 9.17) is 5.73 Å². The van der Waals surface area contributed by atoms with Crippen molar-refractivity contribution >= 4 is 11.9 Å². The second-order valence-corrected chi connectivity index (χ2v) is 4.36. The summed E-state index contributed by atoms with van der Waals surface area (Å²) in [5, 5.41) is 2.74. The first-order valence-electron chi connectivity index (χ1n) is 5.52. The fourth-order valence-corrected chi connectivity index (χ4v) is 1.10. The summed E-state index contributed by atoms with van der Waals surface area (Å²) < 4.78 is 4.51. The third-order valence-corrected chi connectivity index (χ3v) is 2.16. The number of esters is 1. The summed E-state index contributed by atoms with van der Waals surface area (Å²) >= 11 is 0. The number of rotatable bonds is 7. The molecule has 0 fully saturated rings. The summed E-state index contributed by atoms with van der Waals surface area (Å²) in [6.45, 7) is 3.93. The molecular formula is C11H22N2O3. The smallest absolute Gasteiger partial charge is 0.305 e. The lowest BCUT2D eigenvalue weighted by molar-refractivity contribution is -0.140. The molecule has 0 aromatic carbocycles. The number of ether oxygens (including phenoxy) is 1. The van der Waals surface area contributed by atoms with Gasteiger partial charge in [0, 0.05) is 13.0 Å². The number of methoxy groups -OCH3 is 1. The van der Waals surface area contributed by atoms with Crippen LogP contribution in [-0.2, 0) is 14.3 Å². The van der Waals surface area contributed by atoms with Crippen LogP contribution in [0.15, 0.2) is 0 Å². The SMILES string of the molecule is COC(=O)CCCCCNC(=O)C(C)(C)N. The van der Waals surface area contributed by atoms with Crippen LogP contribution in [0.3, 0.4) is 0 Å². The highest BCUT2D eigenvalue weighted by molar-refractivity contribution is 5.84. The van der Waals surface area contributed by atoms with Gasteiger partial charge >= 0.3 is 5.97 Å². The standard InChI is InChI=1S/C11H22N2O3/c1-11(2,12)10(15)13-8-6-4-5-7-9(14)16-3/h4-8,12H2,1-3H3,(H,13,15). The highest BCUT2D eigenvalue weighted by Gasteiger charge is 2.20. The number of nitrogens with one attached hydrogen (secondary N) is 1. The minimum atomic E-state index is -0.827. The molecule has 0 spiro atoms. The van der Waals surface area contributed by atoms with Crippen molar-refractivity contribution < 1.29 is 14.3 Å². The predicted molar refractivity (Wildman–Crippen MR) is 61.8 cm³/mol. The molecule has 0 aromatic rings. The van der Waals surface area contributed by atoms with E-state index >= 15 is 0 Å². The van der Waals surface area contributed by atoms with E-state index in [1.54, 1.807) is 13.8 Å². The average molecular weight is 230 g/mol. The highest BCUT2D eigenvalue weighted by atomic mass is 16.5. The monoisotopic (exact) mass is 230 g/mol. The molecule has 0 radical (unpaired) electrons. The molecule has 94 valence electrons. The van der Waals surface area contributed by atoms with Crippen molar-refractivity contribution in [3.63, 3.8) is 0 Å². The molecule has 3 N–H and O–H groups in total. The maximum atomic E-state index is 11.3. The number of hydrogen-bond acceptors (Lipinski definition) is 4. The van der Waals surface area contributed by atoms with Crippen LogP contribution in [-0.4, -0.2) is 31.1 Å². The topological polar surface area (TPSA) is 81.4 Å². The van der Waals surface area contributed by atoms with E-state index < -0.39 is 5.54 Å². The van der Waals surface area contributed by atoms with E-state index in [1.807, 2.05) is 0 Å². The zero-order valence-corrected chi connectivity index (χ0v) is 10.3. The number of hydrogen-bond donors (Lipinski definition) is 2. The van der Waals surface area contributed by atoms with Crippen LogP contribution < -0.4 is 11.1 Å². The normalized spacial score (nSPS) is 11.0. The Labute approximate surface area is 96.7 Å². The summed E-state index contributed by atoms with van der Waals surface area (Å²) in [7, 11) is 1.38. The Morgan fingerprint density at radius 3 is 2.38 bits per heavy atom. The number of amides is 1. The second kappa shape index (κ2) is 7.22. The lowest BCUT2D eigenvalue weighted by Gasteiger charge is -2.17. The molecule has 1 amide bonds. The molecule has 0 unspecified atom stereocenters. The van der Waals surface area contributed by atoms with Crippen molar-refractivity contribution in [2.45, 2.75) is 45.1 Å². The molecule has 16 heavy (non-hydrogen) atoms. The minimum absolute atomic E-state index is 0.152. The molecule has 0 saturated carbocycles. The van der Waals surface area contributed by atoms with Crippen molar-refractivity contribution in [2.75, 3.05) is 13.7 Å². The third kappa shape index (κ3) is 7.23. The van der Waals surface area contributed by atoms with Gasteiger partial charge in [-0.05, 0) is 26.7 Å². The summed E-state index contributed by atoms with van der Waals surface area (Å²) in [6.07, 6.45) is 2.96. The first-order chi connectivity index (χ1) is 7.38. The fourth-order valence-electron chi connectivity index (χ4n) is 1.10. The van der Waals surface area contributed by atoms with E-state index in [1.165, 1.54) is 7.11 Å². The van der Waals surface area contributed by atoms with Gasteiger partial charge in [-0.2, -0.15) is 0 Å². The van der Waals surface area contributed by atoms with Crippen LogP contribution >= 0.6 is 0 Å². The highest BCUT2D eigenvalue weighted by Crippen LogP contribution is 2.01. The molecule has 0 aromatic heterocycles. The van der Waals surface area contributed by atoms with Gasteiger partial charge in [-0.1, -0.05) is 6.42 Å². The number of nitrogens with two attached hydrogens (primary N) is 1. The van der Waals surface area contributed by atoms with Gasteiger partial charge in [-0.15, -0.1) is 0 Å². The van der Waals surface area contributed by atoms with Crippen LogP contribution in [0, 0.1) is 0 Å². The van der Waals surface area contributed by atoms with Gasteiger partial charge in [0.05, 0.1) is 12.6 Å². The maximum Gasteiger partial charge on any atom is 0.305 e. The van der Waals surface area contributed by atoms with Gasteiger partial charge in [0.1, 0.15) is 0 Å². The van der Waals surface area contributed by atoms with E-state index in [9.17, 15) is 9.59 Å². The van der Waals surface area contributed by atoms with Crippen LogP contribution in [0.25, 0.3) is 0 Å². The molecule has 5 heteroatoms. The Bertz CT molecular complexity index is 234. The first kappa shape index (κ1) is 14.9. The van der Waals surface area contributed by atoms with Gasteiger partial charge in [0.15, 0.2) is 0 Å². The van der Waals surface area contributed by atoms with Gasteiger partial charge < -0.3 is 15.8 Å². The van der Waals surface area contributed by atoms with Gasteiger partial charge in [0.2, 0.25) is 5.91 Å². The van der Waals surface area contributed by atoms with Crippen molar-refractivity contribution in [3.05, 3.63) is 0 Å². The molecule has 0 aliphatic heterocycles. The van der Waals surface area contributed by atoms with Crippen LogP contribution in [0.5, 0.6) is 0 Å². The summed E-state index contributed by atoms with van der Waals surface area (Å²) in [5.41, 5.74) is 4.78. The Kier molecular flexibility index (Phi) is 6.72. The summed E-state index contributed by atoms with van der Waals surface area (Å²) in [4.78, 5) is 22.1. The number of carbonyl (C=O) groups is 2. The molecule has 0 aliphatic carbocycles. The molecule has 0 saturated heterocycles. The largest absolute Gasteiger partial charge is 0.469 e. The first-order valence-corrected chi connectivity index (χ1v) is 5.52. The van der Waals surface area contributed by atoms with Gasteiger partial charge in [-0.25, -0.2) is 0 Å². The number of carbonyl (C=O) groups excluding carboxylic acids is 2. The quantitative estimate of drug-likeness (QED) is 0.495. The fraction of sp³-hybridized carbons (Fsp3) is 0.818. The molecule has 0 rings (SSSR count). The summed E-state index contributed by atoms with van der Waals surface area (Å²) in [6, 6.07) is 0. The third-order valence-electron chi connectivity index (χ3n) is 2.16. The Hall–Kier alpha value is -1.10. The molecule has 0 bridgehead atoms. The molecular weight excluding hydrogens is 208 g/mol. The molecule has 0 atom stereocenters. The van der Waals surface area contributed by atoms with E-state index in [-0.39, 0.29) is 11.9 Å². The lowest BCUT2D eigenvalue weighted by atomic mass is 10.1. The van der Waals surface area contributed by atoms with E-state index in [0.29, 0.717) is 13.0 Å². The second-order valence-electron chi connectivity index (χ2n) is 4.36. The Morgan fingerprint density at radius 1 is 1.25 bits per heavy atom. The van der Waals surface area contributed by atoms with Gasteiger partial charge in [0.25, 0.3) is 0 Å². The van der Waals surface area contributed by atoms with Crippen molar-refractivity contribution in [2.24, 2.45) is 5.73 Å². The van der Waals surface area contributed by atoms with E-state index in [2.05, 4.69) is 10.1 Å². The maximum absolute atomic E-state index is 11.3. The van der Waals surface area contributed by atoms with Crippen LogP contribution in [0.1, 0.15) is 39.5 Å². The lowest BCUT2D eigenvalue weighted by Crippen LogP contribution is -2.49. The van der Waals surface area contributed by atoms with Crippen molar-refractivity contribution in [1.82, 2.24) is 5.32 Å². The van der Waals surface area contributed by atoms with Crippen LogP contribution in [0.2, 0.25) is 0 Å². The Balaban J connectivity index is 3.41. The number of unbranched alkanes of at least 4 members (excludes halogenated alkanes) is 2. The predicted octanol–water partition coefficient (Wildman–Crippen LogP) is 0.573. The molecule has 5 nitrogen and oxygen atoms in total. The Morgan fingerprint density at radius 2 is 1.88 bits per heavy atom. The molecule has 0 aliphatic rings. The average Bonchev–Trinajstić information content (AvgIpc) is 2.20. The van der Waals surface area contributed by atoms with Crippen molar-refractivity contribution in [1.29, 1.82) is 0 Å².